The van der Waals surface area contributed by atoms with Crippen LogP contribution in [0.25, 0.3) is 5.76 Å². The summed E-state index contributed by atoms with van der Waals surface area (Å²) in [6.07, 6.45) is 0. The number of nitrogens with zero attached hydrogens (tertiary/aromatic N) is 1. The highest BCUT2D eigenvalue weighted by Gasteiger charge is 2.46. The molecule has 0 saturated carbocycles. The molecular weight excluding hydrogens is 401 g/mol. The van der Waals surface area contributed by atoms with Crippen LogP contribution < -0.4 is 4.74 Å². The molecule has 29 heavy (non-hydrogen) atoms. The number of aliphatic hydroxyl groups is 1. The lowest BCUT2D eigenvalue weighted by Crippen LogP contribution is -2.32. The number of hydrogen-bond acceptors (Lipinski definition) is 5. The molecule has 6 nitrogen and oxygen atoms in total. The molecule has 152 valence electrons. The van der Waals surface area contributed by atoms with Crippen LogP contribution in [0.1, 0.15) is 17.2 Å². The second kappa shape index (κ2) is 8.63. The fourth-order valence-electron chi connectivity index (χ4n) is 3.30. The lowest BCUT2D eigenvalue weighted by molar-refractivity contribution is -0.140. The first-order valence-electron chi connectivity index (χ1n) is 8.75. The summed E-state index contributed by atoms with van der Waals surface area (Å²) in [6, 6.07) is 9.05. The number of rotatable bonds is 6. The van der Waals surface area contributed by atoms with E-state index >= 15 is 0 Å². The molecule has 1 heterocycles. The van der Waals surface area contributed by atoms with Crippen molar-refractivity contribution in [3.63, 3.8) is 0 Å². The van der Waals surface area contributed by atoms with Crippen LogP contribution in [0.3, 0.4) is 0 Å². The zero-order valence-electron chi connectivity index (χ0n) is 15.8. The second-order valence-corrected chi connectivity index (χ2v) is 6.82. The van der Waals surface area contributed by atoms with Crippen molar-refractivity contribution in [2.75, 3.05) is 27.4 Å². The quantitative estimate of drug-likeness (QED) is 0.440. The summed E-state index contributed by atoms with van der Waals surface area (Å²) in [6.45, 7) is 0.303. The van der Waals surface area contributed by atoms with Crippen molar-refractivity contribution in [3.8, 4) is 5.75 Å². The van der Waals surface area contributed by atoms with Gasteiger partial charge in [-0.15, -0.1) is 0 Å². The normalized spacial score (nSPS) is 18.3. The minimum Gasteiger partial charge on any atom is -0.507 e. The van der Waals surface area contributed by atoms with Crippen LogP contribution in [0.15, 0.2) is 48.0 Å². The third-order valence-corrected chi connectivity index (χ3v) is 4.91. The van der Waals surface area contributed by atoms with E-state index in [0.29, 0.717) is 10.6 Å². The first-order valence-corrected chi connectivity index (χ1v) is 9.13. The molecule has 1 aliphatic heterocycles. The van der Waals surface area contributed by atoms with E-state index in [-0.39, 0.29) is 30.0 Å². The summed E-state index contributed by atoms with van der Waals surface area (Å²) in [5, 5.41) is 11.3. The largest absolute Gasteiger partial charge is 0.507 e. The van der Waals surface area contributed by atoms with Gasteiger partial charge >= 0.3 is 0 Å². The Balaban J connectivity index is 2.22. The molecule has 1 aliphatic rings. The average molecular weight is 420 g/mol. The molecule has 1 atom stereocenters. The smallest absolute Gasteiger partial charge is 0.295 e. The van der Waals surface area contributed by atoms with Crippen LogP contribution in [-0.4, -0.2) is 49.1 Å². The molecule has 1 unspecified atom stereocenters. The number of hydrogen-bond donors (Lipinski definition) is 1. The summed E-state index contributed by atoms with van der Waals surface area (Å²) in [5.41, 5.74) is 0.527. The SMILES string of the molecule is COCCN1C(=O)C(=O)/C(=C(/O)c2cc(Cl)ccc2OC)C1c1ccc(F)cc1. The second-order valence-electron chi connectivity index (χ2n) is 6.38. The van der Waals surface area contributed by atoms with Crippen LogP contribution in [0.4, 0.5) is 4.39 Å². The van der Waals surface area contributed by atoms with Crippen LogP contribution in [0.2, 0.25) is 5.02 Å². The first kappa shape index (κ1) is 20.8. The number of ether oxygens (including phenoxy) is 2. The number of benzene rings is 2. The molecule has 1 saturated heterocycles. The van der Waals surface area contributed by atoms with Crippen LogP contribution in [0, 0.1) is 5.82 Å². The molecule has 1 fully saturated rings. The highest BCUT2D eigenvalue weighted by molar-refractivity contribution is 6.46. The summed E-state index contributed by atoms with van der Waals surface area (Å²) >= 11 is 6.05. The average Bonchev–Trinajstić information content (AvgIpc) is 2.97. The van der Waals surface area contributed by atoms with Gasteiger partial charge in [-0.2, -0.15) is 0 Å². The Bertz CT molecular complexity index is 974. The lowest BCUT2D eigenvalue weighted by Gasteiger charge is -2.25. The maximum atomic E-state index is 13.4. The van der Waals surface area contributed by atoms with Gasteiger partial charge in [0.1, 0.15) is 17.3 Å². The Hall–Kier alpha value is -2.90. The monoisotopic (exact) mass is 419 g/mol. The predicted octanol–water partition coefficient (Wildman–Crippen LogP) is 3.56. The van der Waals surface area contributed by atoms with Gasteiger partial charge in [-0.25, -0.2) is 4.39 Å². The third-order valence-electron chi connectivity index (χ3n) is 4.68. The van der Waals surface area contributed by atoms with E-state index in [1.54, 1.807) is 12.1 Å². The number of Topliss-reactive ketones (excluding diaryl/α,β-unsaturated/α-hetero) is 1. The maximum Gasteiger partial charge on any atom is 0.295 e. The van der Waals surface area contributed by atoms with E-state index < -0.39 is 29.3 Å². The molecule has 1 N–H and O–H groups in total. The van der Waals surface area contributed by atoms with E-state index in [1.165, 1.54) is 49.5 Å². The minimum atomic E-state index is -0.908. The number of amides is 1. The van der Waals surface area contributed by atoms with Crippen molar-refractivity contribution in [1.29, 1.82) is 0 Å². The van der Waals surface area contributed by atoms with Crippen LogP contribution >= 0.6 is 11.6 Å². The number of aliphatic hydroxyl groups excluding tert-OH is 1. The molecule has 1 amide bonds. The van der Waals surface area contributed by atoms with Gasteiger partial charge in [0.2, 0.25) is 0 Å². The number of methoxy groups -OCH3 is 2. The van der Waals surface area contributed by atoms with Gasteiger partial charge < -0.3 is 19.5 Å². The van der Waals surface area contributed by atoms with E-state index in [2.05, 4.69) is 0 Å². The first-order chi connectivity index (χ1) is 13.9. The molecule has 2 aromatic rings. The lowest BCUT2D eigenvalue weighted by atomic mass is 9.95. The van der Waals surface area contributed by atoms with Gasteiger partial charge in [0.05, 0.1) is 30.9 Å². The van der Waals surface area contributed by atoms with Crippen molar-refractivity contribution in [2.45, 2.75) is 6.04 Å². The minimum absolute atomic E-state index is 0.118. The van der Waals surface area contributed by atoms with E-state index in [9.17, 15) is 19.1 Å². The highest BCUT2D eigenvalue weighted by Crippen LogP contribution is 2.41. The van der Waals surface area contributed by atoms with E-state index in [1.807, 2.05) is 0 Å². The van der Waals surface area contributed by atoms with Crippen molar-refractivity contribution >= 4 is 29.1 Å². The van der Waals surface area contributed by atoms with Gasteiger partial charge in [-0.1, -0.05) is 23.7 Å². The van der Waals surface area contributed by atoms with Crippen molar-refractivity contribution in [3.05, 3.63) is 70.0 Å². The topological polar surface area (TPSA) is 76.1 Å². The Kier molecular flexibility index (Phi) is 6.20. The molecule has 0 bridgehead atoms. The molecule has 2 aromatic carbocycles. The van der Waals surface area contributed by atoms with Gasteiger partial charge in [0.25, 0.3) is 11.7 Å². The number of likely N-dealkylation sites (tertiary alicyclic amines) is 1. The molecule has 0 aromatic heterocycles. The van der Waals surface area contributed by atoms with E-state index in [4.69, 9.17) is 21.1 Å². The van der Waals surface area contributed by atoms with Gasteiger partial charge in [-0.05, 0) is 35.9 Å². The molecule has 0 radical (unpaired) electrons. The van der Waals surface area contributed by atoms with E-state index in [0.717, 1.165) is 0 Å². The highest BCUT2D eigenvalue weighted by atomic mass is 35.5. The standard InChI is InChI=1S/C21H19ClFNO5/c1-28-10-9-24-18(12-3-6-14(23)7-4-12)17(20(26)21(24)27)19(25)15-11-13(22)5-8-16(15)29-2/h3-8,11,18,25H,9-10H2,1-2H3/b19-17+. The Morgan fingerprint density at radius 1 is 1.17 bits per heavy atom. The number of ketones is 1. The van der Waals surface area contributed by atoms with Crippen molar-refractivity contribution in [1.82, 2.24) is 4.90 Å². The van der Waals surface area contributed by atoms with Crippen molar-refractivity contribution in [2.24, 2.45) is 0 Å². The Morgan fingerprint density at radius 3 is 2.48 bits per heavy atom. The summed E-state index contributed by atoms with van der Waals surface area (Å²) < 4.78 is 23.7. The molecule has 3 rings (SSSR count). The maximum absolute atomic E-state index is 13.4. The van der Waals surface area contributed by atoms with Gasteiger partial charge in [0.15, 0.2) is 0 Å². The number of carbonyl (C=O) groups excluding carboxylic acids is 2. The zero-order chi connectivity index (χ0) is 21.1. The molecular formula is C21H19ClFNO5. The van der Waals surface area contributed by atoms with Gasteiger partial charge in [0, 0.05) is 18.7 Å². The Labute approximate surface area is 172 Å². The zero-order valence-corrected chi connectivity index (χ0v) is 16.6. The fraction of sp³-hybridized carbons (Fsp3) is 0.238. The molecule has 0 spiro atoms. The number of halogens is 2. The van der Waals surface area contributed by atoms with Crippen molar-refractivity contribution < 1.29 is 28.6 Å². The van der Waals surface area contributed by atoms with Crippen LogP contribution in [-0.2, 0) is 14.3 Å². The number of carbonyl (C=O) groups is 2. The Morgan fingerprint density at radius 2 is 1.86 bits per heavy atom. The third kappa shape index (κ3) is 3.97. The summed E-state index contributed by atoms with van der Waals surface area (Å²) in [4.78, 5) is 26.8. The van der Waals surface area contributed by atoms with Gasteiger partial charge in [-0.3, -0.25) is 9.59 Å². The molecule has 0 aliphatic carbocycles. The molecule has 8 heteroatoms. The summed E-state index contributed by atoms with van der Waals surface area (Å²) in [5.74, 6) is -2.22. The summed E-state index contributed by atoms with van der Waals surface area (Å²) in [7, 11) is 2.88. The fourth-order valence-corrected chi connectivity index (χ4v) is 3.47. The predicted molar refractivity (Wildman–Crippen MR) is 105 cm³/mol. The van der Waals surface area contributed by atoms with Crippen LogP contribution in [0.5, 0.6) is 5.75 Å².